The summed E-state index contributed by atoms with van der Waals surface area (Å²) in [5.41, 5.74) is 1.06. The van der Waals surface area contributed by atoms with Crippen LogP contribution in [0.3, 0.4) is 0 Å². The number of H-pyrrole nitrogens is 1. The molecule has 2 aromatic carbocycles. The van der Waals surface area contributed by atoms with Crippen LogP contribution in [0.4, 0.5) is 10.2 Å². The van der Waals surface area contributed by atoms with Gasteiger partial charge in [-0.25, -0.2) is 9.07 Å². The van der Waals surface area contributed by atoms with E-state index in [1.807, 2.05) is 0 Å². The van der Waals surface area contributed by atoms with Crippen molar-refractivity contribution in [3.63, 3.8) is 0 Å². The lowest BCUT2D eigenvalue weighted by atomic mass is 10.3. The van der Waals surface area contributed by atoms with Crippen molar-refractivity contribution in [2.75, 3.05) is 11.9 Å². The van der Waals surface area contributed by atoms with Crippen molar-refractivity contribution >= 4 is 34.4 Å². The standard InChI is InChI=1S/C23H17ClFN7O3/c1-13-9-19(27-20(33)12-35-17-7-5-15(25)6-8-17)32(30-13)23-28-21-18(22(34)29-23)11-26-31(21)16-4-2-3-14(24)10-16/h2-11H,12H2,1H3,(H,27,33)(H,28,29,34). The van der Waals surface area contributed by atoms with Crippen LogP contribution < -0.4 is 15.6 Å². The molecule has 12 heteroatoms. The number of nitrogens with one attached hydrogen (secondary N) is 2. The van der Waals surface area contributed by atoms with Crippen LogP contribution in [-0.2, 0) is 4.79 Å². The molecule has 0 spiro atoms. The summed E-state index contributed by atoms with van der Waals surface area (Å²) in [4.78, 5) is 32.5. The zero-order chi connectivity index (χ0) is 24.5. The minimum Gasteiger partial charge on any atom is -0.484 e. The Morgan fingerprint density at radius 1 is 1.17 bits per heavy atom. The van der Waals surface area contributed by atoms with E-state index in [0.29, 0.717) is 22.2 Å². The summed E-state index contributed by atoms with van der Waals surface area (Å²) in [6.45, 7) is 1.41. The first-order chi connectivity index (χ1) is 16.9. The molecule has 0 saturated heterocycles. The van der Waals surface area contributed by atoms with Gasteiger partial charge in [-0.15, -0.1) is 0 Å². The van der Waals surface area contributed by atoms with Gasteiger partial charge in [0.2, 0.25) is 5.95 Å². The van der Waals surface area contributed by atoms with Crippen molar-refractivity contribution in [3.05, 3.63) is 87.7 Å². The van der Waals surface area contributed by atoms with Crippen LogP contribution in [0, 0.1) is 12.7 Å². The number of aromatic nitrogens is 6. The first-order valence-corrected chi connectivity index (χ1v) is 10.7. The number of carbonyl (C=O) groups is 1. The van der Waals surface area contributed by atoms with Gasteiger partial charge in [0.15, 0.2) is 12.3 Å². The minimum absolute atomic E-state index is 0.0779. The highest BCUT2D eigenvalue weighted by atomic mass is 35.5. The van der Waals surface area contributed by atoms with Gasteiger partial charge in [-0.05, 0) is 49.4 Å². The Labute approximate surface area is 201 Å². The lowest BCUT2D eigenvalue weighted by Gasteiger charge is -2.10. The number of ether oxygens (including phenoxy) is 1. The summed E-state index contributed by atoms with van der Waals surface area (Å²) < 4.78 is 21.2. The fraction of sp³-hybridized carbons (Fsp3) is 0.0870. The molecule has 0 aliphatic rings. The van der Waals surface area contributed by atoms with Gasteiger partial charge in [0, 0.05) is 11.1 Å². The van der Waals surface area contributed by atoms with Crippen molar-refractivity contribution in [3.8, 4) is 17.4 Å². The van der Waals surface area contributed by atoms with E-state index in [4.69, 9.17) is 16.3 Å². The third kappa shape index (κ3) is 4.62. The lowest BCUT2D eigenvalue weighted by molar-refractivity contribution is -0.118. The molecule has 3 heterocycles. The van der Waals surface area contributed by atoms with E-state index in [1.165, 1.54) is 39.8 Å². The third-order valence-corrected chi connectivity index (χ3v) is 5.20. The highest BCUT2D eigenvalue weighted by molar-refractivity contribution is 6.30. The third-order valence-electron chi connectivity index (χ3n) is 4.96. The average Bonchev–Trinajstić information content (AvgIpc) is 3.42. The summed E-state index contributed by atoms with van der Waals surface area (Å²) in [5.74, 6) is -0.197. The van der Waals surface area contributed by atoms with E-state index >= 15 is 0 Å². The second-order valence-electron chi connectivity index (χ2n) is 7.54. The Morgan fingerprint density at radius 3 is 2.74 bits per heavy atom. The molecule has 0 atom stereocenters. The monoisotopic (exact) mass is 493 g/mol. The number of hydrogen-bond donors (Lipinski definition) is 2. The van der Waals surface area contributed by atoms with Gasteiger partial charge in [-0.3, -0.25) is 14.6 Å². The molecule has 0 bridgehead atoms. The fourth-order valence-corrected chi connectivity index (χ4v) is 3.60. The summed E-state index contributed by atoms with van der Waals surface area (Å²) in [6, 6.07) is 13.9. The van der Waals surface area contributed by atoms with Gasteiger partial charge in [0.1, 0.15) is 22.8 Å². The summed E-state index contributed by atoms with van der Waals surface area (Å²) in [6.07, 6.45) is 1.41. The predicted octanol–water partition coefficient (Wildman–Crippen LogP) is 3.41. The van der Waals surface area contributed by atoms with Crippen LogP contribution in [0.5, 0.6) is 5.75 Å². The molecule has 0 unspecified atom stereocenters. The molecule has 3 aromatic heterocycles. The normalized spacial score (nSPS) is 11.1. The largest absolute Gasteiger partial charge is 0.484 e. The Hall–Kier alpha value is -4.51. The number of fused-ring (bicyclic) bond motifs is 1. The highest BCUT2D eigenvalue weighted by Gasteiger charge is 2.17. The fourth-order valence-electron chi connectivity index (χ4n) is 3.41. The van der Waals surface area contributed by atoms with Gasteiger partial charge < -0.3 is 10.1 Å². The SMILES string of the molecule is Cc1cc(NC(=O)COc2ccc(F)cc2)n(-c2nc3c(cnn3-c3cccc(Cl)c3)c(=O)[nH]2)n1. The number of carbonyl (C=O) groups excluding carboxylic acids is 1. The van der Waals surface area contributed by atoms with Crippen LogP contribution in [0.25, 0.3) is 22.7 Å². The molecule has 35 heavy (non-hydrogen) atoms. The molecular formula is C23H17ClFN7O3. The molecule has 0 fully saturated rings. The van der Waals surface area contributed by atoms with Gasteiger partial charge in [0.25, 0.3) is 11.5 Å². The Bertz CT molecular complexity index is 1610. The van der Waals surface area contributed by atoms with Crippen LogP contribution in [0.1, 0.15) is 5.69 Å². The highest BCUT2D eigenvalue weighted by Crippen LogP contribution is 2.20. The number of rotatable bonds is 6. The van der Waals surface area contributed by atoms with E-state index in [2.05, 4.69) is 25.5 Å². The summed E-state index contributed by atoms with van der Waals surface area (Å²) in [5, 5.41) is 12.1. The van der Waals surface area contributed by atoms with Crippen LogP contribution >= 0.6 is 11.6 Å². The smallest absolute Gasteiger partial charge is 0.263 e. The Morgan fingerprint density at radius 2 is 1.97 bits per heavy atom. The van der Waals surface area contributed by atoms with Crippen molar-refractivity contribution in [2.24, 2.45) is 0 Å². The first-order valence-electron chi connectivity index (χ1n) is 10.4. The minimum atomic E-state index is -0.483. The Balaban J connectivity index is 1.45. The molecule has 5 rings (SSSR count). The second-order valence-corrected chi connectivity index (χ2v) is 7.97. The number of hydrogen-bond acceptors (Lipinski definition) is 6. The number of benzene rings is 2. The van der Waals surface area contributed by atoms with Gasteiger partial charge >= 0.3 is 0 Å². The topological polar surface area (TPSA) is 120 Å². The van der Waals surface area contributed by atoms with E-state index in [9.17, 15) is 14.0 Å². The van der Waals surface area contributed by atoms with Crippen molar-refractivity contribution < 1.29 is 13.9 Å². The molecule has 0 radical (unpaired) electrons. The van der Waals surface area contributed by atoms with Gasteiger partial charge in [-0.1, -0.05) is 17.7 Å². The van der Waals surface area contributed by atoms with E-state index in [0.717, 1.165) is 0 Å². The van der Waals surface area contributed by atoms with Crippen molar-refractivity contribution in [1.29, 1.82) is 0 Å². The molecule has 0 aliphatic heterocycles. The number of amides is 1. The number of halogens is 2. The predicted molar refractivity (Wildman–Crippen MR) is 127 cm³/mol. The van der Waals surface area contributed by atoms with Crippen molar-refractivity contribution in [2.45, 2.75) is 6.92 Å². The van der Waals surface area contributed by atoms with E-state index in [-0.39, 0.29) is 29.4 Å². The number of nitrogens with zero attached hydrogens (tertiary/aromatic N) is 5. The average molecular weight is 494 g/mol. The van der Waals surface area contributed by atoms with Crippen molar-refractivity contribution in [1.82, 2.24) is 29.5 Å². The maximum atomic E-state index is 13.0. The van der Waals surface area contributed by atoms with Gasteiger partial charge in [-0.2, -0.15) is 19.9 Å². The molecule has 0 aliphatic carbocycles. The maximum absolute atomic E-state index is 13.0. The maximum Gasteiger partial charge on any atom is 0.263 e. The molecule has 5 aromatic rings. The molecular weight excluding hydrogens is 477 g/mol. The molecule has 0 saturated carbocycles. The number of aromatic amines is 1. The second kappa shape index (κ2) is 9.03. The molecule has 176 valence electrons. The van der Waals surface area contributed by atoms with Crippen LogP contribution in [0.15, 0.2) is 65.6 Å². The lowest BCUT2D eigenvalue weighted by Crippen LogP contribution is -2.23. The van der Waals surface area contributed by atoms with E-state index in [1.54, 1.807) is 37.3 Å². The zero-order valence-corrected chi connectivity index (χ0v) is 19.0. The van der Waals surface area contributed by atoms with Gasteiger partial charge in [0.05, 0.1) is 17.6 Å². The number of anilines is 1. The van der Waals surface area contributed by atoms with Crippen LogP contribution in [0.2, 0.25) is 5.02 Å². The number of aryl methyl sites for hydroxylation is 1. The Kier molecular flexibility index (Phi) is 5.75. The molecule has 10 nitrogen and oxygen atoms in total. The molecule has 1 amide bonds. The first kappa shape index (κ1) is 22.3. The summed E-state index contributed by atoms with van der Waals surface area (Å²) >= 11 is 6.10. The van der Waals surface area contributed by atoms with E-state index < -0.39 is 17.3 Å². The quantitative estimate of drug-likeness (QED) is 0.374. The zero-order valence-electron chi connectivity index (χ0n) is 18.2. The molecule has 2 N–H and O–H groups in total. The summed E-state index contributed by atoms with van der Waals surface area (Å²) in [7, 11) is 0. The van der Waals surface area contributed by atoms with Crippen LogP contribution in [-0.4, -0.2) is 42.0 Å².